The van der Waals surface area contributed by atoms with E-state index in [9.17, 15) is 14.7 Å². The highest BCUT2D eigenvalue weighted by Gasteiger charge is 2.25. The van der Waals surface area contributed by atoms with Crippen LogP contribution in [0.2, 0.25) is 0 Å². The van der Waals surface area contributed by atoms with E-state index in [-0.39, 0.29) is 17.6 Å². The third-order valence-corrected chi connectivity index (χ3v) is 3.33. The number of carbonyl (C=O) groups excluding carboxylic acids is 2. The first kappa shape index (κ1) is 14.3. The van der Waals surface area contributed by atoms with E-state index in [1.807, 2.05) is 0 Å². The summed E-state index contributed by atoms with van der Waals surface area (Å²) < 4.78 is 0. The molecule has 0 spiro atoms. The SMILES string of the molecule is N[C@@H](Cc1ccc(O)cc1)C(=O)NC1CCCNC1=O. The van der Waals surface area contributed by atoms with Crippen molar-refractivity contribution in [2.75, 3.05) is 6.54 Å². The molecule has 0 aromatic heterocycles. The number of nitrogens with one attached hydrogen (secondary N) is 2. The second kappa shape index (κ2) is 6.38. The van der Waals surface area contributed by atoms with Crippen LogP contribution in [0.3, 0.4) is 0 Å². The van der Waals surface area contributed by atoms with E-state index in [1.165, 1.54) is 0 Å². The molecular weight excluding hydrogens is 258 g/mol. The molecule has 1 aliphatic heterocycles. The van der Waals surface area contributed by atoms with Crippen LogP contribution in [0.5, 0.6) is 5.75 Å². The number of phenols is 1. The fourth-order valence-corrected chi connectivity index (χ4v) is 2.17. The van der Waals surface area contributed by atoms with Gasteiger partial charge in [0.05, 0.1) is 6.04 Å². The van der Waals surface area contributed by atoms with Gasteiger partial charge in [0, 0.05) is 6.54 Å². The van der Waals surface area contributed by atoms with E-state index in [0.717, 1.165) is 12.0 Å². The average Bonchev–Trinajstić information content (AvgIpc) is 2.44. The lowest BCUT2D eigenvalue weighted by Gasteiger charge is -2.24. The summed E-state index contributed by atoms with van der Waals surface area (Å²) in [6, 6.07) is 5.34. The normalized spacial score (nSPS) is 20.1. The van der Waals surface area contributed by atoms with Gasteiger partial charge in [-0.1, -0.05) is 12.1 Å². The Labute approximate surface area is 117 Å². The van der Waals surface area contributed by atoms with Crippen LogP contribution in [0.1, 0.15) is 18.4 Å². The Morgan fingerprint density at radius 3 is 2.80 bits per heavy atom. The summed E-state index contributed by atoms with van der Waals surface area (Å²) >= 11 is 0. The molecule has 0 saturated carbocycles. The third-order valence-electron chi connectivity index (χ3n) is 3.33. The molecule has 1 aromatic rings. The Morgan fingerprint density at radius 2 is 2.15 bits per heavy atom. The van der Waals surface area contributed by atoms with Gasteiger partial charge in [-0.2, -0.15) is 0 Å². The molecule has 1 heterocycles. The lowest BCUT2D eigenvalue weighted by atomic mass is 10.0. The molecule has 1 saturated heterocycles. The van der Waals surface area contributed by atoms with Crippen LogP contribution >= 0.6 is 0 Å². The zero-order valence-corrected chi connectivity index (χ0v) is 11.1. The van der Waals surface area contributed by atoms with Crippen LogP contribution in [0.4, 0.5) is 0 Å². The van der Waals surface area contributed by atoms with Crippen molar-refractivity contribution in [3.63, 3.8) is 0 Å². The molecule has 5 N–H and O–H groups in total. The van der Waals surface area contributed by atoms with Gasteiger partial charge in [-0.3, -0.25) is 9.59 Å². The highest BCUT2D eigenvalue weighted by atomic mass is 16.3. The molecule has 6 nitrogen and oxygen atoms in total. The van der Waals surface area contributed by atoms with Gasteiger partial charge in [0.15, 0.2) is 0 Å². The first-order valence-electron chi connectivity index (χ1n) is 6.68. The summed E-state index contributed by atoms with van der Waals surface area (Å²) in [5, 5.41) is 14.6. The largest absolute Gasteiger partial charge is 0.508 e. The molecular formula is C14H19N3O3. The van der Waals surface area contributed by atoms with Gasteiger partial charge in [-0.25, -0.2) is 0 Å². The molecule has 6 heteroatoms. The maximum absolute atomic E-state index is 12.0. The van der Waals surface area contributed by atoms with Crippen LogP contribution in [0.15, 0.2) is 24.3 Å². The van der Waals surface area contributed by atoms with Crippen molar-refractivity contribution in [3.05, 3.63) is 29.8 Å². The quantitative estimate of drug-likeness (QED) is 0.604. The summed E-state index contributed by atoms with van der Waals surface area (Å²) in [4.78, 5) is 23.5. The topological polar surface area (TPSA) is 104 Å². The van der Waals surface area contributed by atoms with Gasteiger partial charge in [-0.05, 0) is 37.0 Å². The molecule has 0 radical (unpaired) electrons. The Morgan fingerprint density at radius 1 is 1.45 bits per heavy atom. The Balaban J connectivity index is 1.88. The lowest BCUT2D eigenvalue weighted by molar-refractivity contribution is -0.130. The molecule has 20 heavy (non-hydrogen) atoms. The number of hydrogen-bond donors (Lipinski definition) is 4. The molecule has 1 aliphatic rings. The molecule has 1 unspecified atom stereocenters. The number of carbonyl (C=O) groups is 2. The molecule has 2 amide bonds. The zero-order chi connectivity index (χ0) is 14.5. The number of amides is 2. The Hall–Kier alpha value is -2.08. The van der Waals surface area contributed by atoms with Crippen LogP contribution in [0, 0.1) is 0 Å². The van der Waals surface area contributed by atoms with Crippen molar-refractivity contribution in [2.45, 2.75) is 31.3 Å². The number of phenolic OH excluding ortho intramolecular Hbond substituents is 1. The van der Waals surface area contributed by atoms with Crippen molar-refractivity contribution in [1.82, 2.24) is 10.6 Å². The molecule has 0 aliphatic carbocycles. The lowest BCUT2D eigenvalue weighted by Crippen LogP contribution is -2.54. The van der Waals surface area contributed by atoms with Gasteiger partial charge in [0.25, 0.3) is 0 Å². The van der Waals surface area contributed by atoms with Crippen LogP contribution in [-0.4, -0.2) is 35.5 Å². The highest BCUT2D eigenvalue weighted by molar-refractivity contribution is 5.90. The Kier molecular flexibility index (Phi) is 4.57. The fourth-order valence-electron chi connectivity index (χ4n) is 2.17. The molecule has 2 rings (SSSR count). The number of piperidine rings is 1. The smallest absolute Gasteiger partial charge is 0.242 e. The standard InChI is InChI=1S/C14H19N3O3/c15-11(8-9-3-5-10(18)6-4-9)13(19)17-12-2-1-7-16-14(12)20/h3-6,11-12,18H,1-2,7-8,15H2,(H,16,20)(H,17,19)/t11-,12?/m0/s1. The van der Waals surface area contributed by atoms with Gasteiger partial charge >= 0.3 is 0 Å². The second-order valence-electron chi connectivity index (χ2n) is 4.97. The van der Waals surface area contributed by atoms with Crippen LogP contribution in [0.25, 0.3) is 0 Å². The molecule has 108 valence electrons. The van der Waals surface area contributed by atoms with E-state index >= 15 is 0 Å². The minimum atomic E-state index is -0.714. The fraction of sp³-hybridized carbons (Fsp3) is 0.429. The number of nitrogens with two attached hydrogens (primary N) is 1. The first-order valence-corrected chi connectivity index (χ1v) is 6.68. The van der Waals surface area contributed by atoms with E-state index in [1.54, 1.807) is 24.3 Å². The van der Waals surface area contributed by atoms with Crippen LogP contribution in [-0.2, 0) is 16.0 Å². The van der Waals surface area contributed by atoms with Crippen molar-refractivity contribution in [2.24, 2.45) is 5.73 Å². The summed E-state index contributed by atoms with van der Waals surface area (Å²) in [6.07, 6.45) is 1.86. The highest BCUT2D eigenvalue weighted by Crippen LogP contribution is 2.11. The third kappa shape index (κ3) is 3.71. The number of rotatable bonds is 4. The molecule has 0 bridgehead atoms. The van der Waals surface area contributed by atoms with Crippen molar-refractivity contribution in [3.8, 4) is 5.75 Å². The van der Waals surface area contributed by atoms with Crippen molar-refractivity contribution < 1.29 is 14.7 Å². The van der Waals surface area contributed by atoms with E-state index < -0.39 is 12.1 Å². The first-order chi connectivity index (χ1) is 9.56. The van der Waals surface area contributed by atoms with Crippen molar-refractivity contribution >= 4 is 11.8 Å². The predicted octanol–water partition coefficient (Wildman–Crippen LogP) is -0.343. The van der Waals surface area contributed by atoms with Gasteiger partial charge in [0.2, 0.25) is 11.8 Å². The predicted molar refractivity (Wildman–Crippen MR) is 74.0 cm³/mol. The van der Waals surface area contributed by atoms with E-state index in [2.05, 4.69) is 10.6 Å². The van der Waals surface area contributed by atoms with E-state index in [0.29, 0.717) is 19.4 Å². The number of hydrogen-bond acceptors (Lipinski definition) is 4. The summed E-state index contributed by atoms with van der Waals surface area (Å²) in [7, 11) is 0. The number of aromatic hydroxyl groups is 1. The Bertz CT molecular complexity index is 487. The second-order valence-corrected chi connectivity index (χ2v) is 4.97. The van der Waals surface area contributed by atoms with Gasteiger partial charge in [-0.15, -0.1) is 0 Å². The average molecular weight is 277 g/mol. The number of benzene rings is 1. The monoisotopic (exact) mass is 277 g/mol. The summed E-state index contributed by atoms with van der Waals surface area (Å²) in [5.74, 6) is -0.313. The maximum atomic E-state index is 12.0. The zero-order valence-electron chi connectivity index (χ0n) is 11.1. The minimum Gasteiger partial charge on any atom is -0.508 e. The minimum absolute atomic E-state index is 0.151. The molecule has 2 atom stereocenters. The van der Waals surface area contributed by atoms with Crippen LogP contribution < -0.4 is 16.4 Å². The van der Waals surface area contributed by atoms with Crippen molar-refractivity contribution in [1.29, 1.82) is 0 Å². The van der Waals surface area contributed by atoms with E-state index in [4.69, 9.17) is 5.73 Å². The molecule has 1 aromatic carbocycles. The summed E-state index contributed by atoms with van der Waals surface area (Å²) in [5.41, 5.74) is 6.70. The summed E-state index contributed by atoms with van der Waals surface area (Å²) in [6.45, 7) is 0.658. The van der Waals surface area contributed by atoms with Gasteiger partial charge < -0.3 is 21.5 Å². The maximum Gasteiger partial charge on any atom is 0.242 e. The molecule has 1 fully saturated rings. The van der Waals surface area contributed by atoms with Gasteiger partial charge in [0.1, 0.15) is 11.8 Å².